The van der Waals surface area contributed by atoms with Gasteiger partial charge in [0.05, 0.1) is 18.8 Å². The number of pyridine rings is 2. The molecule has 0 unspecified atom stereocenters. The second-order valence-electron chi connectivity index (χ2n) is 8.88. The van der Waals surface area contributed by atoms with Crippen LogP contribution < -0.4 is 10.5 Å². The Balaban J connectivity index is 1.47. The first-order valence-electron chi connectivity index (χ1n) is 10.6. The predicted octanol–water partition coefficient (Wildman–Crippen LogP) is 4.03. The Hall–Kier alpha value is -3.78. The number of nitrogens with zero attached hydrogens (tertiary/aromatic N) is 3. The van der Waals surface area contributed by atoms with E-state index in [4.69, 9.17) is 24.9 Å². The highest BCUT2D eigenvalue weighted by atomic mass is 19.1. The molecule has 3 aromatic rings. The van der Waals surface area contributed by atoms with Crippen molar-refractivity contribution in [3.63, 3.8) is 0 Å². The van der Waals surface area contributed by atoms with Crippen LogP contribution in [0.2, 0.25) is 0 Å². The number of amidine groups is 1. The van der Waals surface area contributed by atoms with Gasteiger partial charge in [-0.25, -0.2) is 15.0 Å². The molecule has 1 aromatic carbocycles. The maximum absolute atomic E-state index is 13.3. The Morgan fingerprint density at radius 3 is 2.55 bits per heavy atom. The lowest BCUT2D eigenvalue weighted by Gasteiger charge is -2.35. The summed E-state index contributed by atoms with van der Waals surface area (Å²) in [4.78, 5) is 13.1. The van der Waals surface area contributed by atoms with Crippen LogP contribution in [0.1, 0.15) is 23.6 Å². The summed E-state index contributed by atoms with van der Waals surface area (Å²) in [5, 5.41) is 0. The summed E-state index contributed by atoms with van der Waals surface area (Å²) in [6.07, 6.45) is 7.47. The maximum atomic E-state index is 13.3. The molecule has 1 spiro atoms. The number of benzene rings is 1. The summed E-state index contributed by atoms with van der Waals surface area (Å²) < 4.78 is 30.5. The Bertz CT molecular complexity index is 1320. The van der Waals surface area contributed by atoms with Gasteiger partial charge in [0, 0.05) is 28.9 Å². The Labute approximate surface area is 189 Å². The zero-order chi connectivity index (χ0) is 22.6. The first-order chi connectivity index (χ1) is 15.9. The van der Waals surface area contributed by atoms with Gasteiger partial charge in [-0.05, 0) is 41.5 Å². The highest BCUT2D eigenvalue weighted by molar-refractivity contribution is 5.78. The van der Waals surface area contributed by atoms with Gasteiger partial charge in [0.15, 0.2) is 5.54 Å². The third-order valence-corrected chi connectivity index (χ3v) is 6.28. The number of fused-ring (bicyclic) bond motifs is 4. The molecule has 2 N–H and O–H groups in total. The van der Waals surface area contributed by atoms with Gasteiger partial charge in [-0.2, -0.15) is 4.39 Å². The zero-order valence-electron chi connectivity index (χ0n) is 17.9. The van der Waals surface area contributed by atoms with Crippen molar-refractivity contribution >= 4 is 12.1 Å². The third kappa shape index (κ3) is 3.25. The smallest absolute Gasteiger partial charge is 0.283 e. The minimum atomic E-state index is -0.892. The summed E-state index contributed by atoms with van der Waals surface area (Å²) in [6, 6.07) is 10.9. The average molecular weight is 444 g/mol. The summed E-state index contributed by atoms with van der Waals surface area (Å²) in [5.74, 6) is 0.565. The van der Waals surface area contributed by atoms with Crippen LogP contribution in [-0.4, -0.2) is 35.8 Å². The fourth-order valence-electron chi connectivity index (χ4n) is 4.38. The number of rotatable bonds is 3. The van der Waals surface area contributed by atoms with Gasteiger partial charge >= 0.3 is 0 Å². The molecule has 0 aliphatic carbocycles. The lowest BCUT2D eigenvalue weighted by molar-refractivity contribution is -0.0703. The highest BCUT2D eigenvalue weighted by Gasteiger charge is 2.47. The Morgan fingerprint density at radius 1 is 1.00 bits per heavy atom. The fraction of sp³-hybridized carbons (Fsp3) is 0.240. The van der Waals surface area contributed by atoms with E-state index in [-0.39, 0.29) is 18.0 Å². The second kappa shape index (κ2) is 7.11. The topological polar surface area (TPSA) is 91.9 Å². The van der Waals surface area contributed by atoms with Gasteiger partial charge in [0.2, 0.25) is 11.8 Å². The van der Waals surface area contributed by atoms with E-state index in [1.54, 1.807) is 12.3 Å². The van der Waals surface area contributed by atoms with E-state index in [1.165, 1.54) is 12.3 Å². The van der Waals surface area contributed by atoms with Crippen molar-refractivity contribution < 1.29 is 18.6 Å². The Morgan fingerprint density at radius 2 is 1.85 bits per heavy atom. The molecule has 2 aromatic heterocycles. The number of hydrogen-bond acceptors (Lipinski definition) is 7. The van der Waals surface area contributed by atoms with Crippen LogP contribution in [0.25, 0.3) is 17.2 Å². The monoisotopic (exact) mass is 444 g/mol. The van der Waals surface area contributed by atoms with Gasteiger partial charge in [-0.1, -0.05) is 25.1 Å². The number of aliphatic imine (C=N–C) groups is 1. The molecular formula is C25H21FN4O3. The van der Waals surface area contributed by atoms with Crippen LogP contribution in [-0.2, 0) is 15.0 Å². The van der Waals surface area contributed by atoms with E-state index < -0.39 is 11.5 Å². The normalized spacial score (nSPS) is 22.2. The van der Waals surface area contributed by atoms with Crippen molar-refractivity contribution in [2.24, 2.45) is 16.1 Å². The number of halogens is 1. The minimum absolute atomic E-state index is 0.0356. The summed E-state index contributed by atoms with van der Waals surface area (Å²) >= 11 is 0. The van der Waals surface area contributed by atoms with Gasteiger partial charge in [0.1, 0.15) is 12.4 Å². The van der Waals surface area contributed by atoms with Gasteiger partial charge in [0.25, 0.3) is 6.02 Å². The molecule has 3 aliphatic heterocycles. The molecule has 0 amide bonds. The average Bonchev–Trinajstić information content (AvgIpc) is 3.19. The van der Waals surface area contributed by atoms with Crippen molar-refractivity contribution in [3.05, 3.63) is 77.5 Å². The van der Waals surface area contributed by atoms with Crippen LogP contribution in [0.3, 0.4) is 0 Å². The molecule has 1 fully saturated rings. The largest absolute Gasteiger partial charge is 0.462 e. The molecule has 5 heterocycles. The predicted molar refractivity (Wildman–Crippen MR) is 120 cm³/mol. The molecule has 3 aliphatic rings. The molecule has 7 nitrogen and oxygen atoms in total. The van der Waals surface area contributed by atoms with Crippen molar-refractivity contribution in [2.45, 2.75) is 12.5 Å². The van der Waals surface area contributed by atoms with Crippen LogP contribution in [0.4, 0.5) is 4.39 Å². The molecule has 6 rings (SSSR count). The van der Waals surface area contributed by atoms with E-state index >= 15 is 0 Å². The van der Waals surface area contributed by atoms with E-state index in [2.05, 4.69) is 23.0 Å². The number of ether oxygens (including phenoxy) is 3. The first kappa shape index (κ1) is 19.9. The van der Waals surface area contributed by atoms with E-state index in [0.29, 0.717) is 24.8 Å². The highest BCUT2D eigenvalue weighted by Crippen LogP contribution is 2.51. The zero-order valence-corrected chi connectivity index (χ0v) is 17.9. The van der Waals surface area contributed by atoms with Crippen molar-refractivity contribution in [3.8, 4) is 22.8 Å². The molecule has 8 heteroatoms. The number of hydrogen-bond donors (Lipinski definition) is 1. The molecule has 166 valence electrons. The van der Waals surface area contributed by atoms with E-state index in [9.17, 15) is 4.39 Å². The lowest BCUT2D eigenvalue weighted by Crippen LogP contribution is -2.37. The minimum Gasteiger partial charge on any atom is -0.462 e. The molecule has 0 saturated carbocycles. The second-order valence-corrected chi connectivity index (χ2v) is 8.88. The van der Waals surface area contributed by atoms with Crippen molar-refractivity contribution in [2.75, 3.05) is 19.8 Å². The number of aromatic nitrogens is 2. The van der Waals surface area contributed by atoms with Crippen LogP contribution in [0.15, 0.2) is 59.9 Å². The summed E-state index contributed by atoms with van der Waals surface area (Å²) in [5.41, 5.74) is 9.28. The van der Waals surface area contributed by atoms with E-state index in [1.807, 2.05) is 30.3 Å². The third-order valence-electron chi connectivity index (χ3n) is 6.28. The van der Waals surface area contributed by atoms with Crippen LogP contribution in [0.5, 0.6) is 11.6 Å². The van der Waals surface area contributed by atoms with Gasteiger partial charge < -0.3 is 19.9 Å². The Kier molecular flexibility index (Phi) is 4.28. The van der Waals surface area contributed by atoms with E-state index in [0.717, 1.165) is 27.8 Å². The fourth-order valence-corrected chi connectivity index (χ4v) is 4.38. The molecule has 0 radical (unpaired) electrons. The molecule has 1 atom stereocenters. The standard InChI is InChI=1S/C25H21FN4O3/c1-24(12-31-13-24)7-6-15-8-19-22(29-10-15)33-20-4-2-16(17-3-5-21(26)28-11-17)9-18(20)25(19)14-32-23(27)30-25/h2-11H,12-14H2,1H3,(H2,27,30)/t25-/m0/s1. The van der Waals surface area contributed by atoms with Gasteiger partial charge in [-0.3, -0.25) is 0 Å². The van der Waals surface area contributed by atoms with Crippen LogP contribution >= 0.6 is 0 Å². The van der Waals surface area contributed by atoms with Crippen molar-refractivity contribution in [1.29, 1.82) is 0 Å². The quantitative estimate of drug-likeness (QED) is 0.614. The van der Waals surface area contributed by atoms with Crippen molar-refractivity contribution in [1.82, 2.24) is 9.97 Å². The molecule has 1 saturated heterocycles. The summed E-state index contributed by atoms with van der Waals surface area (Å²) in [6.45, 7) is 3.80. The maximum Gasteiger partial charge on any atom is 0.283 e. The molecule has 0 bridgehead atoms. The SMILES string of the molecule is CC1(C=Cc2cnc3c(c2)[C@]2(COC(N)=N2)c2cc(-c4ccc(F)nc4)ccc2O3)COC1. The first-order valence-corrected chi connectivity index (χ1v) is 10.6. The lowest BCUT2D eigenvalue weighted by atomic mass is 9.81. The molecular weight excluding hydrogens is 423 g/mol. The van der Waals surface area contributed by atoms with Gasteiger partial charge in [-0.15, -0.1) is 0 Å². The number of nitrogens with two attached hydrogens (primary N) is 1. The summed E-state index contributed by atoms with van der Waals surface area (Å²) in [7, 11) is 0. The van der Waals surface area contributed by atoms with Crippen LogP contribution in [0, 0.1) is 11.4 Å². The molecule has 33 heavy (non-hydrogen) atoms.